The number of fused-ring (bicyclic) bond motifs is 5. The molecule has 0 unspecified atom stereocenters. The van der Waals surface area contributed by atoms with Crippen LogP contribution in [0.5, 0.6) is 0 Å². The zero-order valence-electron chi connectivity index (χ0n) is 31.5. The number of thiophene rings is 1. The van der Waals surface area contributed by atoms with Gasteiger partial charge in [0.15, 0.2) is 0 Å². The molecule has 4 fully saturated rings. The Morgan fingerprint density at radius 2 is 1.04 bits per heavy atom. The van der Waals surface area contributed by atoms with Crippen LogP contribution in [0.2, 0.25) is 0 Å². The molecule has 1 nitrogen and oxygen atoms in total. The standard InChI is InChI=1S/C54H43NS/c1-2-10-38(11-3-1)43-17-8-12-40-13-9-18-44(53(40)43)39-20-22-41(23-21-39)55(42-24-27-52-48(31-42)47-16-6-7-19-51(47)56-52)50-26-25-49(45-14-4-5-15-46(45)50)54-32-35-28-36(33-54)30-37(29-35)34-54/h1-27,31,35-37H,28-30,32-34H2. The molecule has 9 aromatic rings. The summed E-state index contributed by atoms with van der Waals surface area (Å²) in [7, 11) is 0. The third-order valence-corrected chi connectivity index (χ3v) is 14.9. The van der Waals surface area contributed by atoms with Gasteiger partial charge >= 0.3 is 0 Å². The molecule has 0 radical (unpaired) electrons. The molecule has 0 N–H and O–H groups in total. The smallest absolute Gasteiger partial charge is 0.0540 e. The molecule has 8 aromatic carbocycles. The number of benzene rings is 8. The summed E-state index contributed by atoms with van der Waals surface area (Å²) < 4.78 is 2.67. The summed E-state index contributed by atoms with van der Waals surface area (Å²) in [4.78, 5) is 2.53. The quantitative estimate of drug-likeness (QED) is 0.164. The Balaban J connectivity index is 1.03. The molecule has 13 rings (SSSR count). The van der Waals surface area contributed by atoms with Crippen molar-refractivity contribution in [2.75, 3.05) is 4.90 Å². The summed E-state index contributed by atoms with van der Waals surface area (Å²) in [6, 6.07) is 63.9. The lowest BCUT2D eigenvalue weighted by Gasteiger charge is -2.57. The summed E-state index contributed by atoms with van der Waals surface area (Å²) in [6.45, 7) is 0. The highest BCUT2D eigenvalue weighted by atomic mass is 32.1. The molecule has 1 aromatic heterocycles. The first-order chi connectivity index (χ1) is 27.7. The lowest BCUT2D eigenvalue weighted by Crippen LogP contribution is -2.48. The minimum atomic E-state index is 0.324. The summed E-state index contributed by atoms with van der Waals surface area (Å²) >= 11 is 1.89. The third kappa shape index (κ3) is 5.12. The maximum atomic E-state index is 2.55. The van der Waals surface area contributed by atoms with Gasteiger partial charge in [-0.15, -0.1) is 11.3 Å². The Bertz CT molecular complexity index is 2910. The molecule has 4 aliphatic carbocycles. The van der Waals surface area contributed by atoms with Gasteiger partial charge in [-0.05, 0) is 148 Å². The van der Waals surface area contributed by atoms with Gasteiger partial charge in [-0.3, -0.25) is 0 Å². The molecule has 0 aliphatic heterocycles. The predicted molar refractivity (Wildman–Crippen MR) is 240 cm³/mol. The van der Waals surface area contributed by atoms with E-state index < -0.39 is 0 Å². The zero-order chi connectivity index (χ0) is 36.8. The molecule has 0 amide bonds. The number of hydrogen-bond acceptors (Lipinski definition) is 2. The van der Waals surface area contributed by atoms with Crippen molar-refractivity contribution in [2.45, 2.75) is 43.9 Å². The van der Waals surface area contributed by atoms with Crippen LogP contribution in [0.15, 0.2) is 170 Å². The van der Waals surface area contributed by atoms with E-state index in [0.29, 0.717) is 5.41 Å². The molecule has 0 atom stereocenters. The lowest BCUT2D eigenvalue weighted by molar-refractivity contribution is -0.00449. The second kappa shape index (κ2) is 12.7. The SMILES string of the molecule is c1ccc(-c2cccc3cccc(-c4ccc(N(c5ccc6sc7ccccc7c6c5)c5ccc(C67CC8CC(CC(C8)C6)C7)c6ccccc56)cc4)c23)cc1. The highest BCUT2D eigenvalue weighted by Crippen LogP contribution is 2.62. The van der Waals surface area contributed by atoms with Crippen molar-refractivity contribution in [3.63, 3.8) is 0 Å². The largest absolute Gasteiger partial charge is 0.310 e. The molecule has 0 saturated heterocycles. The van der Waals surface area contributed by atoms with Gasteiger partial charge in [0, 0.05) is 36.9 Å². The Labute approximate surface area is 332 Å². The molecule has 2 heteroatoms. The minimum absolute atomic E-state index is 0.324. The van der Waals surface area contributed by atoms with Gasteiger partial charge in [-0.2, -0.15) is 0 Å². The fourth-order valence-corrected chi connectivity index (χ4v) is 13.0. The van der Waals surface area contributed by atoms with Gasteiger partial charge in [-0.25, -0.2) is 0 Å². The van der Waals surface area contributed by atoms with E-state index in [2.05, 4.69) is 175 Å². The Kier molecular flexibility index (Phi) is 7.36. The maximum Gasteiger partial charge on any atom is 0.0540 e. The molecule has 56 heavy (non-hydrogen) atoms. The van der Waals surface area contributed by atoms with Crippen LogP contribution >= 0.6 is 11.3 Å². The first-order valence-corrected chi connectivity index (χ1v) is 21.4. The van der Waals surface area contributed by atoms with Crippen LogP contribution in [0.25, 0.3) is 64.0 Å². The molecule has 1 heterocycles. The molecule has 270 valence electrons. The zero-order valence-corrected chi connectivity index (χ0v) is 32.3. The van der Waals surface area contributed by atoms with Crippen LogP contribution in [0.3, 0.4) is 0 Å². The van der Waals surface area contributed by atoms with E-state index in [-0.39, 0.29) is 0 Å². The average molecular weight is 738 g/mol. The van der Waals surface area contributed by atoms with Crippen molar-refractivity contribution >= 4 is 70.1 Å². The Morgan fingerprint density at radius 1 is 0.446 bits per heavy atom. The third-order valence-electron chi connectivity index (χ3n) is 13.8. The van der Waals surface area contributed by atoms with Gasteiger partial charge in [0.2, 0.25) is 0 Å². The second-order valence-electron chi connectivity index (χ2n) is 17.1. The van der Waals surface area contributed by atoms with E-state index in [1.807, 2.05) is 11.3 Å². The van der Waals surface area contributed by atoms with E-state index in [0.717, 1.165) is 17.8 Å². The van der Waals surface area contributed by atoms with Gasteiger partial charge in [-0.1, -0.05) is 127 Å². The minimum Gasteiger partial charge on any atom is -0.310 e. The normalized spacial score (nSPS) is 21.4. The topological polar surface area (TPSA) is 3.24 Å². The summed E-state index contributed by atoms with van der Waals surface area (Å²) in [6.07, 6.45) is 8.50. The van der Waals surface area contributed by atoms with Gasteiger partial charge in [0.05, 0.1) is 5.69 Å². The Hall–Kier alpha value is -5.70. The molecule has 4 saturated carbocycles. The summed E-state index contributed by atoms with van der Waals surface area (Å²) in [5, 5.41) is 8.00. The van der Waals surface area contributed by atoms with E-state index in [9.17, 15) is 0 Å². The van der Waals surface area contributed by atoms with E-state index in [1.165, 1.54) is 120 Å². The van der Waals surface area contributed by atoms with Crippen molar-refractivity contribution in [2.24, 2.45) is 17.8 Å². The van der Waals surface area contributed by atoms with Crippen molar-refractivity contribution in [3.05, 3.63) is 175 Å². The molecule has 4 bridgehead atoms. The number of nitrogens with zero attached hydrogens (tertiary/aromatic N) is 1. The van der Waals surface area contributed by atoms with E-state index in [4.69, 9.17) is 0 Å². The molecular formula is C54H43NS. The highest BCUT2D eigenvalue weighted by Gasteiger charge is 2.52. The van der Waals surface area contributed by atoms with Crippen LogP contribution in [0, 0.1) is 17.8 Å². The van der Waals surface area contributed by atoms with Gasteiger partial charge in [0.25, 0.3) is 0 Å². The monoisotopic (exact) mass is 737 g/mol. The van der Waals surface area contributed by atoms with Crippen molar-refractivity contribution in [3.8, 4) is 22.3 Å². The van der Waals surface area contributed by atoms with E-state index in [1.54, 1.807) is 5.56 Å². The Morgan fingerprint density at radius 3 is 1.75 bits per heavy atom. The maximum absolute atomic E-state index is 2.55. The van der Waals surface area contributed by atoms with Crippen LogP contribution < -0.4 is 4.90 Å². The van der Waals surface area contributed by atoms with Gasteiger partial charge in [0.1, 0.15) is 0 Å². The number of anilines is 3. The van der Waals surface area contributed by atoms with Crippen LogP contribution in [0.4, 0.5) is 17.1 Å². The lowest BCUT2D eigenvalue weighted by atomic mass is 9.47. The summed E-state index contributed by atoms with van der Waals surface area (Å²) in [5.74, 6) is 2.73. The average Bonchev–Trinajstić information content (AvgIpc) is 3.61. The fourth-order valence-electron chi connectivity index (χ4n) is 11.9. The first kappa shape index (κ1) is 32.5. The molecule has 0 spiro atoms. The molecular weight excluding hydrogens is 695 g/mol. The first-order valence-electron chi connectivity index (χ1n) is 20.6. The number of rotatable bonds is 6. The second-order valence-corrected chi connectivity index (χ2v) is 18.2. The number of hydrogen-bond donors (Lipinski definition) is 0. The van der Waals surface area contributed by atoms with E-state index >= 15 is 0 Å². The van der Waals surface area contributed by atoms with Crippen molar-refractivity contribution in [1.29, 1.82) is 0 Å². The molecule has 4 aliphatic rings. The van der Waals surface area contributed by atoms with Crippen LogP contribution in [-0.4, -0.2) is 0 Å². The highest BCUT2D eigenvalue weighted by molar-refractivity contribution is 7.25. The van der Waals surface area contributed by atoms with Crippen molar-refractivity contribution < 1.29 is 0 Å². The van der Waals surface area contributed by atoms with Crippen molar-refractivity contribution in [1.82, 2.24) is 0 Å². The fraction of sp³-hybridized carbons (Fsp3) is 0.185. The van der Waals surface area contributed by atoms with Crippen LogP contribution in [0.1, 0.15) is 44.1 Å². The van der Waals surface area contributed by atoms with Gasteiger partial charge < -0.3 is 4.90 Å². The van der Waals surface area contributed by atoms with Crippen LogP contribution in [-0.2, 0) is 5.41 Å². The predicted octanol–water partition coefficient (Wildman–Crippen LogP) is 15.6. The summed E-state index contributed by atoms with van der Waals surface area (Å²) in [5.41, 5.74) is 10.5.